The van der Waals surface area contributed by atoms with Gasteiger partial charge in [0, 0.05) is 60.6 Å². The molecule has 0 fully saturated rings. The smallest absolute Gasteiger partial charge is 0.135 e. The van der Waals surface area contributed by atoms with Crippen LogP contribution in [0.15, 0.2) is 185 Å². The van der Waals surface area contributed by atoms with Crippen molar-refractivity contribution in [1.29, 1.82) is 0 Å². The van der Waals surface area contributed by atoms with E-state index in [1.165, 1.54) is 76.8 Å². The largest absolute Gasteiger partial charge is 0.460 e. The van der Waals surface area contributed by atoms with Crippen LogP contribution in [0.1, 0.15) is 30.6 Å². The second-order valence-electron chi connectivity index (χ2n) is 16.1. The van der Waals surface area contributed by atoms with E-state index in [1.807, 2.05) is 12.1 Å². The second-order valence-corrected chi connectivity index (χ2v) is 16.1. The number of allylic oxidation sites excluding steroid dienone is 1. The van der Waals surface area contributed by atoms with Gasteiger partial charge in [-0.2, -0.15) is 0 Å². The molecule has 8 aromatic carbocycles. The molecule has 0 bridgehead atoms. The van der Waals surface area contributed by atoms with E-state index in [0.717, 1.165) is 51.1 Å². The zero-order valence-corrected chi connectivity index (χ0v) is 32.3. The minimum Gasteiger partial charge on any atom is -0.460 e. The van der Waals surface area contributed by atoms with Crippen LogP contribution in [0.4, 0.5) is 0 Å². The summed E-state index contributed by atoms with van der Waals surface area (Å²) in [5.74, 6) is 1.49. The van der Waals surface area contributed by atoms with Crippen LogP contribution in [-0.2, 0) is 0 Å². The first kappa shape index (κ1) is 32.5. The molecule has 1 aliphatic rings. The number of benzene rings is 8. The van der Waals surface area contributed by atoms with E-state index in [-0.39, 0.29) is 0 Å². The van der Waals surface area contributed by atoms with Gasteiger partial charge in [-0.3, -0.25) is 0 Å². The third-order valence-electron chi connectivity index (χ3n) is 12.7. The van der Waals surface area contributed by atoms with Gasteiger partial charge in [0.15, 0.2) is 0 Å². The average Bonchev–Trinajstić information content (AvgIpc) is 4.04. The van der Waals surface area contributed by atoms with E-state index >= 15 is 0 Å². The molecular weight excluding hydrogens is 721 g/mol. The molecule has 0 spiro atoms. The normalized spacial score (nSPS) is 14.2. The van der Waals surface area contributed by atoms with Crippen LogP contribution in [0.25, 0.3) is 116 Å². The maximum Gasteiger partial charge on any atom is 0.135 e. The highest BCUT2D eigenvalue weighted by Gasteiger charge is 2.22. The molecule has 0 N–H and O–H groups in total. The monoisotopic (exact) mass is 756 g/mol. The summed E-state index contributed by atoms with van der Waals surface area (Å²) in [6, 6.07) is 61.8. The number of nitrogens with zero attached hydrogens (tertiary/aromatic N) is 2. The molecule has 278 valence electrons. The van der Waals surface area contributed by atoms with Crippen LogP contribution in [0.2, 0.25) is 0 Å². The summed E-state index contributed by atoms with van der Waals surface area (Å²) in [7, 11) is 0. The van der Waals surface area contributed by atoms with Crippen molar-refractivity contribution in [2.24, 2.45) is 0 Å². The Kier molecular flexibility index (Phi) is 6.74. The van der Waals surface area contributed by atoms with Crippen molar-refractivity contribution in [2.45, 2.75) is 19.3 Å². The zero-order chi connectivity index (χ0) is 38.8. The van der Waals surface area contributed by atoms with Gasteiger partial charge in [-0.05, 0) is 114 Å². The molecule has 59 heavy (non-hydrogen) atoms. The van der Waals surface area contributed by atoms with Crippen LogP contribution in [0, 0.1) is 0 Å². The Morgan fingerprint density at radius 3 is 1.54 bits per heavy atom. The zero-order valence-electron chi connectivity index (χ0n) is 32.3. The van der Waals surface area contributed by atoms with Gasteiger partial charge in [-0.1, -0.05) is 104 Å². The first-order valence-electron chi connectivity index (χ1n) is 20.5. The lowest BCUT2D eigenvalue weighted by atomic mass is 9.93. The lowest BCUT2D eigenvalue weighted by Crippen LogP contribution is -1.98. The molecule has 12 aromatic rings. The standard InChI is InChI=1S/C55H36N2O2/c1-33-10-8-16-43-47-31-37(23-27-54(47)59-55(33)43)35-21-25-51-45(29-35)41-14-3-6-18-49(41)57(51)39-12-9-11-38(32-39)56-48-17-5-2-13-40(48)44-28-34(20-24-50(44)56)36-22-26-53-46(30-36)42-15-4-7-19-52(42)58-53/h2-9,11-33H,10H2,1H3. The molecule has 0 saturated heterocycles. The van der Waals surface area contributed by atoms with Crippen molar-refractivity contribution in [3.05, 3.63) is 187 Å². The van der Waals surface area contributed by atoms with Crippen molar-refractivity contribution < 1.29 is 8.83 Å². The summed E-state index contributed by atoms with van der Waals surface area (Å²) < 4.78 is 17.3. The minimum atomic E-state index is 0.394. The topological polar surface area (TPSA) is 36.1 Å². The number of hydrogen-bond donors (Lipinski definition) is 0. The number of hydrogen-bond acceptors (Lipinski definition) is 2. The SMILES string of the molecule is CC1CC=Cc2c1oc1ccc(-c3ccc4c(c3)c3ccccc3n4-c3cccc(-n4c5ccccc5c5cc(-c6ccc7oc8ccccc8c7c6)ccc54)c3)cc21. The van der Waals surface area contributed by atoms with E-state index in [4.69, 9.17) is 8.83 Å². The Labute approximate surface area is 339 Å². The number of para-hydroxylation sites is 3. The van der Waals surface area contributed by atoms with Gasteiger partial charge >= 0.3 is 0 Å². The maximum atomic E-state index is 6.34. The Morgan fingerprint density at radius 2 is 0.898 bits per heavy atom. The first-order chi connectivity index (χ1) is 29.1. The molecule has 0 amide bonds. The molecule has 1 unspecified atom stereocenters. The summed E-state index contributed by atoms with van der Waals surface area (Å²) in [4.78, 5) is 0. The summed E-state index contributed by atoms with van der Waals surface area (Å²) >= 11 is 0. The molecule has 4 nitrogen and oxygen atoms in total. The second kappa shape index (κ2) is 12.2. The number of rotatable bonds is 4. The first-order valence-corrected chi connectivity index (χ1v) is 20.5. The Balaban J connectivity index is 0.941. The highest BCUT2D eigenvalue weighted by molar-refractivity contribution is 6.13. The summed E-state index contributed by atoms with van der Waals surface area (Å²) in [6.45, 7) is 2.25. The van der Waals surface area contributed by atoms with Crippen molar-refractivity contribution in [2.75, 3.05) is 0 Å². The number of furan rings is 2. The third kappa shape index (κ3) is 4.77. The summed E-state index contributed by atoms with van der Waals surface area (Å²) in [5.41, 5.74) is 15.7. The summed E-state index contributed by atoms with van der Waals surface area (Å²) in [6.07, 6.45) is 5.52. The Hall–Kier alpha value is -7.56. The van der Waals surface area contributed by atoms with Gasteiger partial charge in [-0.15, -0.1) is 0 Å². The number of aromatic nitrogens is 2. The van der Waals surface area contributed by atoms with Crippen molar-refractivity contribution in [3.63, 3.8) is 0 Å². The molecule has 0 saturated carbocycles. The van der Waals surface area contributed by atoms with Gasteiger partial charge in [-0.25, -0.2) is 0 Å². The molecule has 1 aliphatic carbocycles. The van der Waals surface area contributed by atoms with Crippen LogP contribution in [0.5, 0.6) is 0 Å². The quantitative estimate of drug-likeness (QED) is 0.179. The van der Waals surface area contributed by atoms with Crippen LogP contribution in [0.3, 0.4) is 0 Å². The Bertz CT molecular complexity index is 3730. The fourth-order valence-corrected chi connectivity index (χ4v) is 9.89. The predicted octanol–water partition coefficient (Wildman–Crippen LogP) is 15.4. The van der Waals surface area contributed by atoms with E-state index in [1.54, 1.807) is 0 Å². The van der Waals surface area contributed by atoms with Crippen LogP contribution >= 0.6 is 0 Å². The van der Waals surface area contributed by atoms with E-state index < -0.39 is 0 Å². The molecule has 13 rings (SSSR count). The Morgan fingerprint density at radius 1 is 0.407 bits per heavy atom. The molecule has 0 aliphatic heterocycles. The highest BCUT2D eigenvalue weighted by atomic mass is 16.3. The van der Waals surface area contributed by atoms with Crippen molar-refractivity contribution in [3.8, 4) is 33.6 Å². The van der Waals surface area contributed by atoms with Crippen molar-refractivity contribution in [1.82, 2.24) is 9.13 Å². The van der Waals surface area contributed by atoms with Gasteiger partial charge in [0.1, 0.15) is 22.5 Å². The van der Waals surface area contributed by atoms with Crippen molar-refractivity contribution >= 4 is 82.6 Å². The molecule has 1 atom stereocenters. The lowest BCUT2D eigenvalue weighted by Gasteiger charge is -2.13. The van der Waals surface area contributed by atoms with Gasteiger partial charge in [0.2, 0.25) is 0 Å². The van der Waals surface area contributed by atoms with E-state index in [9.17, 15) is 0 Å². The minimum absolute atomic E-state index is 0.394. The molecular formula is C55H36N2O2. The lowest BCUT2D eigenvalue weighted by molar-refractivity contribution is 0.504. The van der Waals surface area contributed by atoms with Gasteiger partial charge in [0.05, 0.1) is 22.1 Å². The fraction of sp³-hybridized carbons (Fsp3) is 0.0545. The molecule has 4 heterocycles. The maximum absolute atomic E-state index is 6.34. The summed E-state index contributed by atoms with van der Waals surface area (Å²) in [5, 5.41) is 8.39. The fourth-order valence-electron chi connectivity index (χ4n) is 9.89. The molecule has 0 radical (unpaired) electrons. The predicted molar refractivity (Wildman–Crippen MR) is 245 cm³/mol. The van der Waals surface area contributed by atoms with Crippen LogP contribution < -0.4 is 0 Å². The van der Waals surface area contributed by atoms with Crippen LogP contribution in [-0.4, -0.2) is 9.13 Å². The van der Waals surface area contributed by atoms with E-state index in [2.05, 4.69) is 186 Å². The highest BCUT2D eigenvalue weighted by Crippen LogP contribution is 2.42. The van der Waals surface area contributed by atoms with E-state index in [0.29, 0.717) is 5.92 Å². The van der Waals surface area contributed by atoms with Gasteiger partial charge in [0.25, 0.3) is 0 Å². The molecule has 4 heteroatoms. The van der Waals surface area contributed by atoms with Gasteiger partial charge < -0.3 is 18.0 Å². The number of fused-ring (bicyclic) bond motifs is 12. The average molecular weight is 757 g/mol. The molecule has 4 aromatic heterocycles. The third-order valence-corrected chi connectivity index (χ3v) is 12.7.